The number of phosphoric ester groups is 1. The van der Waals surface area contributed by atoms with Gasteiger partial charge in [-0.05, 0) is 30.7 Å². The fourth-order valence-corrected chi connectivity index (χ4v) is 4.36. The van der Waals surface area contributed by atoms with Gasteiger partial charge in [-0.25, -0.2) is 18.0 Å². The number of fused-ring (bicyclic) bond motifs is 1. The van der Waals surface area contributed by atoms with Gasteiger partial charge in [0.05, 0.1) is 5.69 Å². The molecule has 0 bridgehead atoms. The monoisotopic (exact) mass is 502 g/mol. The minimum atomic E-state index is -4.71. The Morgan fingerprint density at radius 1 is 1.30 bits per heavy atom. The van der Waals surface area contributed by atoms with Gasteiger partial charge in [0.15, 0.2) is 5.49 Å². The van der Waals surface area contributed by atoms with Crippen LogP contribution in [0.1, 0.15) is 24.6 Å². The van der Waals surface area contributed by atoms with Crippen LogP contribution in [-0.2, 0) is 29.6 Å². The first-order valence-corrected chi connectivity index (χ1v) is 12.5. The summed E-state index contributed by atoms with van der Waals surface area (Å²) in [5.74, 6) is -1.83. The summed E-state index contributed by atoms with van der Waals surface area (Å²) in [4.78, 5) is 17.7. The summed E-state index contributed by atoms with van der Waals surface area (Å²) in [7, 11) is -7.69. The maximum absolute atomic E-state index is 15.1. The van der Waals surface area contributed by atoms with Crippen molar-refractivity contribution in [3.63, 3.8) is 0 Å². The molecule has 3 atom stereocenters. The number of nitrogens with one attached hydrogen (secondary N) is 1. The Morgan fingerprint density at radius 3 is 2.79 bits per heavy atom. The SMILES string of the molecule is N=c1c2ccc([C@H]3CC[C@@](F)(CO[PH](=O)Oc4ccccc4)O3)n2ncn1COP(=O)(O)O. The van der Waals surface area contributed by atoms with Crippen LogP contribution in [0.25, 0.3) is 5.52 Å². The van der Waals surface area contributed by atoms with Crippen LogP contribution >= 0.6 is 16.1 Å². The lowest BCUT2D eigenvalue weighted by Crippen LogP contribution is -2.28. The standard InChI is InChI=1S/C18H21FN4O8P2/c19-18(10-28-32(24)31-13-4-2-1-3-5-13)9-8-16(30-18)14-6-7-15-17(20)22(11-21-23(14)15)12-29-33(25,26)27/h1-7,11,16,20,32H,8-10,12H2,(H2,25,26,27)/t16-,18+/m1/s1. The number of aromatic nitrogens is 3. The molecular formula is C18H21FN4O8P2. The Hall–Kier alpha value is -2.37. The molecule has 0 aliphatic carbocycles. The summed E-state index contributed by atoms with van der Waals surface area (Å²) in [6.45, 7) is -1.14. The number of phosphoric acid groups is 1. The summed E-state index contributed by atoms with van der Waals surface area (Å²) < 4.78 is 60.7. The van der Waals surface area contributed by atoms with Crippen LogP contribution in [0.15, 0.2) is 48.8 Å². The molecule has 1 aliphatic heterocycles. The molecule has 2 aromatic heterocycles. The van der Waals surface area contributed by atoms with Crippen molar-refractivity contribution in [1.82, 2.24) is 14.2 Å². The van der Waals surface area contributed by atoms with Crippen LogP contribution in [-0.4, -0.2) is 36.4 Å². The van der Waals surface area contributed by atoms with E-state index in [0.29, 0.717) is 17.0 Å². The first kappa shape index (κ1) is 23.8. The third-order valence-electron chi connectivity index (χ3n) is 4.90. The molecule has 178 valence electrons. The van der Waals surface area contributed by atoms with E-state index in [1.807, 2.05) is 0 Å². The molecule has 0 spiro atoms. The first-order chi connectivity index (χ1) is 15.6. The molecule has 15 heteroatoms. The topological polar surface area (TPSA) is 158 Å². The molecule has 12 nitrogen and oxygen atoms in total. The maximum atomic E-state index is 15.1. The maximum Gasteiger partial charge on any atom is 0.471 e. The number of nitrogens with zero attached hydrogens (tertiary/aromatic N) is 3. The lowest BCUT2D eigenvalue weighted by atomic mass is 10.1. The average molecular weight is 502 g/mol. The van der Waals surface area contributed by atoms with Gasteiger partial charge in [0.2, 0.25) is 5.85 Å². The van der Waals surface area contributed by atoms with Crippen LogP contribution in [0.2, 0.25) is 0 Å². The zero-order valence-corrected chi connectivity index (χ0v) is 18.9. The summed E-state index contributed by atoms with van der Waals surface area (Å²) in [5, 5.41) is 12.3. The molecule has 1 aromatic carbocycles. The van der Waals surface area contributed by atoms with E-state index in [1.165, 1.54) is 10.8 Å². The molecule has 33 heavy (non-hydrogen) atoms. The predicted molar refractivity (Wildman–Crippen MR) is 111 cm³/mol. The van der Waals surface area contributed by atoms with Gasteiger partial charge in [0.1, 0.15) is 37.0 Å². The van der Waals surface area contributed by atoms with Gasteiger partial charge in [0.25, 0.3) is 0 Å². The largest absolute Gasteiger partial charge is 0.471 e. The van der Waals surface area contributed by atoms with Crippen LogP contribution < -0.4 is 10.0 Å². The highest BCUT2D eigenvalue weighted by molar-refractivity contribution is 7.46. The van der Waals surface area contributed by atoms with Crippen molar-refractivity contribution >= 4 is 21.6 Å². The number of halogens is 1. The predicted octanol–water partition coefficient (Wildman–Crippen LogP) is 2.68. The van der Waals surface area contributed by atoms with E-state index in [2.05, 4.69) is 9.62 Å². The highest BCUT2D eigenvalue weighted by Gasteiger charge is 2.43. The Bertz CT molecular complexity index is 1260. The third kappa shape index (κ3) is 5.77. The number of hydrogen-bond acceptors (Lipinski definition) is 8. The quantitative estimate of drug-likeness (QED) is 0.374. The summed E-state index contributed by atoms with van der Waals surface area (Å²) in [5.41, 5.74) is 0.669. The molecule has 4 rings (SSSR count). The molecule has 3 N–H and O–H groups in total. The molecule has 0 saturated carbocycles. The fourth-order valence-electron chi connectivity index (χ4n) is 3.37. The normalized spacial score (nSPS) is 22.0. The highest BCUT2D eigenvalue weighted by atomic mass is 31.2. The van der Waals surface area contributed by atoms with E-state index in [0.717, 1.165) is 4.57 Å². The van der Waals surface area contributed by atoms with Gasteiger partial charge in [-0.15, -0.1) is 0 Å². The van der Waals surface area contributed by atoms with E-state index in [9.17, 15) is 9.13 Å². The minimum absolute atomic E-state index is 0.0118. The number of rotatable bonds is 9. The molecule has 1 fully saturated rings. The minimum Gasteiger partial charge on any atom is -0.426 e. The average Bonchev–Trinajstić information content (AvgIpc) is 3.36. The van der Waals surface area contributed by atoms with E-state index < -0.39 is 41.4 Å². The highest BCUT2D eigenvalue weighted by Crippen LogP contribution is 2.42. The lowest BCUT2D eigenvalue weighted by Gasteiger charge is -2.20. The van der Waals surface area contributed by atoms with Crippen molar-refractivity contribution in [2.24, 2.45) is 0 Å². The smallest absolute Gasteiger partial charge is 0.426 e. The van der Waals surface area contributed by atoms with Crippen LogP contribution in [0, 0.1) is 5.41 Å². The Morgan fingerprint density at radius 2 is 2.06 bits per heavy atom. The zero-order chi connectivity index (χ0) is 23.6. The number of benzene rings is 1. The van der Waals surface area contributed by atoms with E-state index in [4.69, 9.17) is 29.0 Å². The van der Waals surface area contributed by atoms with Crippen molar-refractivity contribution in [1.29, 1.82) is 5.41 Å². The molecular weight excluding hydrogens is 481 g/mol. The summed E-state index contributed by atoms with van der Waals surface area (Å²) >= 11 is 0. The molecule has 1 unspecified atom stereocenters. The molecule has 0 radical (unpaired) electrons. The Labute approximate surface area is 187 Å². The van der Waals surface area contributed by atoms with E-state index >= 15 is 4.39 Å². The third-order valence-corrected chi connectivity index (χ3v) is 6.13. The van der Waals surface area contributed by atoms with Crippen LogP contribution in [0.4, 0.5) is 4.39 Å². The van der Waals surface area contributed by atoms with E-state index in [-0.39, 0.29) is 18.3 Å². The fraction of sp³-hybridized carbons (Fsp3) is 0.333. The van der Waals surface area contributed by atoms with Gasteiger partial charge >= 0.3 is 16.1 Å². The number of alkyl halides is 1. The van der Waals surface area contributed by atoms with Crippen molar-refractivity contribution in [2.45, 2.75) is 31.5 Å². The van der Waals surface area contributed by atoms with Crippen molar-refractivity contribution < 1.29 is 41.6 Å². The van der Waals surface area contributed by atoms with Gasteiger partial charge in [-0.3, -0.25) is 19.0 Å². The summed E-state index contributed by atoms with van der Waals surface area (Å²) in [6.07, 6.45) is 0.745. The van der Waals surface area contributed by atoms with Gasteiger partial charge in [0, 0.05) is 6.42 Å². The number of ether oxygens (including phenoxy) is 1. The van der Waals surface area contributed by atoms with Crippen LogP contribution in [0.3, 0.4) is 0 Å². The lowest BCUT2D eigenvalue weighted by molar-refractivity contribution is -0.156. The van der Waals surface area contributed by atoms with Crippen LogP contribution in [0.5, 0.6) is 5.75 Å². The molecule has 1 aliphatic rings. The molecule has 3 heterocycles. The second-order valence-electron chi connectivity index (χ2n) is 7.24. The summed E-state index contributed by atoms with van der Waals surface area (Å²) in [6, 6.07) is 11.6. The van der Waals surface area contributed by atoms with Crippen molar-refractivity contribution in [2.75, 3.05) is 6.61 Å². The van der Waals surface area contributed by atoms with Gasteiger partial charge in [-0.2, -0.15) is 5.10 Å². The van der Waals surface area contributed by atoms with Crippen molar-refractivity contribution in [3.8, 4) is 5.75 Å². The molecule has 1 saturated heterocycles. The molecule has 3 aromatic rings. The molecule has 0 amide bonds. The first-order valence-electron chi connectivity index (χ1n) is 9.72. The van der Waals surface area contributed by atoms with E-state index in [1.54, 1.807) is 42.5 Å². The van der Waals surface area contributed by atoms with Gasteiger partial charge < -0.3 is 19.0 Å². The van der Waals surface area contributed by atoms with Crippen molar-refractivity contribution in [3.05, 3.63) is 60.0 Å². The zero-order valence-electron chi connectivity index (χ0n) is 17.0. The van der Waals surface area contributed by atoms with Gasteiger partial charge in [-0.1, -0.05) is 18.2 Å². The Balaban J connectivity index is 1.41. The second kappa shape index (κ2) is 9.47. The number of hydrogen-bond donors (Lipinski definition) is 3. The number of para-hydroxylation sites is 1. The second-order valence-corrected chi connectivity index (χ2v) is 9.47. The Kier molecular flexibility index (Phi) is 6.83.